The van der Waals surface area contributed by atoms with Gasteiger partial charge in [0.2, 0.25) is 5.95 Å². The Bertz CT molecular complexity index is 4010. The van der Waals surface area contributed by atoms with Crippen molar-refractivity contribution in [2.24, 2.45) is 0 Å². The molecular formula is C55H30N4O2. The van der Waals surface area contributed by atoms with Crippen LogP contribution in [0.1, 0.15) is 0 Å². The Morgan fingerprint density at radius 3 is 1.77 bits per heavy atom. The first-order chi connectivity index (χ1) is 30.2. The zero-order valence-corrected chi connectivity index (χ0v) is 32.4. The molecule has 0 radical (unpaired) electrons. The normalized spacial score (nSPS) is 12.3. The molecule has 4 aromatic heterocycles. The van der Waals surface area contributed by atoms with Crippen molar-refractivity contribution in [3.05, 3.63) is 182 Å². The second kappa shape index (κ2) is 12.1. The third-order valence-electron chi connectivity index (χ3n) is 12.6. The number of benzene rings is 9. The summed E-state index contributed by atoms with van der Waals surface area (Å²) in [4.78, 5) is 15.5. The van der Waals surface area contributed by atoms with Crippen molar-refractivity contribution in [2.75, 3.05) is 0 Å². The molecule has 0 saturated carbocycles. The van der Waals surface area contributed by atoms with E-state index in [9.17, 15) is 0 Å². The molecule has 0 saturated heterocycles. The predicted octanol–water partition coefficient (Wildman–Crippen LogP) is 14.6. The molecule has 0 fully saturated rings. The molecule has 61 heavy (non-hydrogen) atoms. The molecule has 13 aromatic rings. The molecule has 0 amide bonds. The number of rotatable bonds is 4. The van der Waals surface area contributed by atoms with Gasteiger partial charge < -0.3 is 8.83 Å². The topological polar surface area (TPSA) is 69.9 Å². The van der Waals surface area contributed by atoms with Crippen molar-refractivity contribution in [3.8, 4) is 62.1 Å². The molecule has 0 unspecified atom stereocenters. The second-order valence-electron chi connectivity index (χ2n) is 15.9. The van der Waals surface area contributed by atoms with Gasteiger partial charge in [0.25, 0.3) is 0 Å². The van der Waals surface area contributed by atoms with Crippen LogP contribution in [0.15, 0.2) is 191 Å². The lowest BCUT2D eigenvalue weighted by Crippen LogP contribution is -2.06. The van der Waals surface area contributed by atoms with Gasteiger partial charge in [-0.1, -0.05) is 121 Å². The second-order valence-corrected chi connectivity index (χ2v) is 15.9. The van der Waals surface area contributed by atoms with Crippen LogP contribution in [0.2, 0.25) is 0 Å². The lowest BCUT2D eigenvalue weighted by atomic mass is 9.96. The molecule has 0 aliphatic heterocycles. The summed E-state index contributed by atoms with van der Waals surface area (Å²) in [5, 5.41) is 9.10. The number of aromatic nitrogens is 4. The third kappa shape index (κ3) is 4.64. The highest BCUT2D eigenvalue weighted by Crippen LogP contribution is 2.51. The van der Waals surface area contributed by atoms with Crippen LogP contribution in [0.5, 0.6) is 0 Å². The highest BCUT2D eigenvalue weighted by Gasteiger charge is 2.25. The average Bonchev–Trinajstić information content (AvgIpc) is 4.07. The zero-order chi connectivity index (χ0) is 39.8. The summed E-state index contributed by atoms with van der Waals surface area (Å²) in [6.45, 7) is 0. The van der Waals surface area contributed by atoms with Crippen molar-refractivity contribution in [1.82, 2.24) is 19.5 Å². The quantitative estimate of drug-likeness (QED) is 0.178. The molecule has 9 aromatic carbocycles. The van der Waals surface area contributed by atoms with Gasteiger partial charge in [-0.25, -0.2) is 4.98 Å². The van der Waals surface area contributed by atoms with Crippen LogP contribution in [-0.2, 0) is 0 Å². The highest BCUT2D eigenvalue weighted by atomic mass is 16.3. The lowest BCUT2D eigenvalue weighted by Gasteiger charge is -2.11. The van der Waals surface area contributed by atoms with E-state index < -0.39 is 0 Å². The molecule has 0 atom stereocenters. The standard InChI is InChI=1S/C55H30N4O2/c1-2-11-31(12-3-1)53-56-54(34-23-26-48-42(29-34)38-16-7-9-20-47(38)60-48)58-55(57-53)59-45-19-8-6-15-37(45)41-27-32(21-24-46(41)59)33-22-25-49-44(28-33)52-40-18-10-17-39-35-13-4-5-14-36(35)43(51(39)40)30-50(52)61-49/h1-30H. The van der Waals surface area contributed by atoms with Gasteiger partial charge in [-0.2, -0.15) is 9.97 Å². The number of furan rings is 2. The van der Waals surface area contributed by atoms with E-state index in [0.29, 0.717) is 17.6 Å². The van der Waals surface area contributed by atoms with Crippen LogP contribution in [0.4, 0.5) is 0 Å². The average molecular weight is 779 g/mol. The van der Waals surface area contributed by atoms with Crippen LogP contribution < -0.4 is 0 Å². The van der Waals surface area contributed by atoms with Crippen LogP contribution in [-0.4, -0.2) is 19.5 Å². The van der Waals surface area contributed by atoms with E-state index in [0.717, 1.165) is 87.9 Å². The minimum Gasteiger partial charge on any atom is -0.456 e. The molecule has 0 spiro atoms. The third-order valence-corrected chi connectivity index (χ3v) is 12.6. The molecule has 1 aliphatic carbocycles. The van der Waals surface area contributed by atoms with Crippen molar-refractivity contribution in [2.45, 2.75) is 0 Å². The van der Waals surface area contributed by atoms with Gasteiger partial charge in [-0.3, -0.25) is 4.57 Å². The van der Waals surface area contributed by atoms with E-state index in [4.69, 9.17) is 23.8 Å². The van der Waals surface area contributed by atoms with Crippen LogP contribution in [0.25, 0.3) is 139 Å². The summed E-state index contributed by atoms with van der Waals surface area (Å²) in [6, 6.07) is 63.8. The smallest absolute Gasteiger partial charge is 0.238 e. The van der Waals surface area contributed by atoms with Gasteiger partial charge in [0, 0.05) is 43.4 Å². The van der Waals surface area contributed by atoms with Crippen molar-refractivity contribution < 1.29 is 8.83 Å². The maximum Gasteiger partial charge on any atom is 0.238 e. The number of hydrogen-bond acceptors (Lipinski definition) is 5. The first-order valence-corrected chi connectivity index (χ1v) is 20.5. The Labute approximate surface area is 347 Å². The number of para-hydroxylation sites is 2. The van der Waals surface area contributed by atoms with E-state index >= 15 is 0 Å². The Balaban J connectivity index is 0.952. The van der Waals surface area contributed by atoms with E-state index in [1.807, 2.05) is 60.7 Å². The fourth-order valence-corrected chi connectivity index (χ4v) is 9.86. The summed E-state index contributed by atoms with van der Waals surface area (Å²) in [6.07, 6.45) is 0. The summed E-state index contributed by atoms with van der Waals surface area (Å²) in [5.41, 5.74) is 14.6. The lowest BCUT2D eigenvalue weighted by molar-refractivity contribution is 0.668. The van der Waals surface area contributed by atoms with Crippen LogP contribution in [0.3, 0.4) is 0 Å². The maximum absolute atomic E-state index is 6.60. The molecule has 282 valence electrons. The molecule has 1 aliphatic rings. The number of nitrogens with zero attached hydrogens (tertiary/aromatic N) is 4. The largest absolute Gasteiger partial charge is 0.456 e. The van der Waals surface area contributed by atoms with E-state index in [1.54, 1.807) is 0 Å². The van der Waals surface area contributed by atoms with Crippen molar-refractivity contribution in [1.29, 1.82) is 0 Å². The fraction of sp³-hybridized carbons (Fsp3) is 0. The van der Waals surface area contributed by atoms with Gasteiger partial charge >= 0.3 is 0 Å². The summed E-state index contributed by atoms with van der Waals surface area (Å²) < 4.78 is 14.9. The molecule has 0 bridgehead atoms. The molecule has 0 N–H and O–H groups in total. The van der Waals surface area contributed by atoms with Gasteiger partial charge in [-0.05, 0) is 105 Å². The van der Waals surface area contributed by atoms with Crippen molar-refractivity contribution >= 4 is 76.5 Å². The van der Waals surface area contributed by atoms with Gasteiger partial charge in [0.05, 0.1) is 11.0 Å². The minimum atomic E-state index is 0.552. The van der Waals surface area contributed by atoms with Crippen LogP contribution in [0, 0.1) is 0 Å². The SMILES string of the molecule is c1ccc(-c2nc(-c3ccc4oc5ccccc5c4c3)nc(-n3c4ccccc4c4cc(-c5ccc6oc7cc8c9c(cccc9c7c6c5)-c5ccccc5-8)ccc43)n2)cc1. The molecule has 14 rings (SSSR count). The van der Waals surface area contributed by atoms with E-state index in [2.05, 4.69) is 126 Å². The molecule has 6 nitrogen and oxygen atoms in total. The monoisotopic (exact) mass is 778 g/mol. The number of fused-ring (bicyclic) bond motifs is 13. The van der Waals surface area contributed by atoms with Gasteiger partial charge in [-0.15, -0.1) is 0 Å². The fourth-order valence-electron chi connectivity index (χ4n) is 9.86. The zero-order valence-electron chi connectivity index (χ0n) is 32.4. The Kier molecular flexibility index (Phi) is 6.46. The molecule has 6 heteroatoms. The summed E-state index contributed by atoms with van der Waals surface area (Å²) in [7, 11) is 0. The summed E-state index contributed by atoms with van der Waals surface area (Å²) in [5.74, 6) is 1.74. The van der Waals surface area contributed by atoms with Gasteiger partial charge in [0.1, 0.15) is 22.3 Å². The van der Waals surface area contributed by atoms with E-state index in [1.165, 1.54) is 33.0 Å². The minimum absolute atomic E-state index is 0.552. The first kappa shape index (κ1) is 32.6. The first-order valence-electron chi connectivity index (χ1n) is 20.5. The molecular weight excluding hydrogens is 749 g/mol. The van der Waals surface area contributed by atoms with E-state index in [-0.39, 0.29) is 0 Å². The predicted molar refractivity (Wildman–Crippen MR) is 247 cm³/mol. The maximum atomic E-state index is 6.60. The Morgan fingerprint density at radius 2 is 0.902 bits per heavy atom. The van der Waals surface area contributed by atoms with Crippen LogP contribution >= 0.6 is 0 Å². The Morgan fingerprint density at radius 1 is 0.311 bits per heavy atom. The summed E-state index contributed by atoms with van der Waals surface area (Å²) >= 11 is 0. The van der Waals surface area contributed by atoms with Gasteiger partial charge in [0.15, 0.2) is 11.6 Å². The number of hydrogen-bond donors (Lipinski definition) is 0. The van der Waals surface area contributed by atoms with Crippen molar-refractivity contribution in [3.63, 3.8) is 0 Å². The Hall–Kier alpha value is -8.35. The molecule has 4 heterocycles. The highest BCUT2D eigenvalue weighted by molar-refractivity contribution is 6.28.